The van der Waals surface area contributed by atoms with E-state index in [2.05, 4.69) is 17.3 Å². The van der Waals surface area contributed by atoms with Crippen LogP contribution >= 0.6 is 0 Å². The predicted octanol–water partition coefficient (Wildman–Crippen LogP) is 1.52. The summed E-state index contributed by atoms with van der Waals surface area (Å²) in [5.74, 6) is 0.703. The molecule has 1 aromatic carbocycles. The van der Waals surface area contributed by atoms with Gasteiger partial charge in [0, 0.05) is 25.7 Å². The Kier molecular flexibility index (Phi) is 4.20. The fraction of sp³-hybridized carbons (Fsp3) is 0.500. The molecular formula is C14H20N2O2. The molecule has 0 unspecified atom stereocenters. The van der Waals surface area contributed by atoms with Crippen LogP contribution in [0.1, 0.15) is 23.2 Å². The molecule has 0 aliphatic carbocycles. The van der Waals surface area contributed by atoms with Gasteiger partial charge in [0.2, 0.25) is 0 Å². The molecule has 18 heavy (non-hydrogen) atoms. The van der Waals surface area contributed by atoms with Crippen molar-refractivity contribution in [1.29, 1.82) is 0 Å². The van der Waals surface area contributed by atoms with Gasteiger partial charge in [-0.2, -0.15) is 0 Å². The maximum atomic E-state index is 11.5. The molecule has 1 N–H and O–H groups in total. The lowest BCUT2D eigenvalue weighted by Crippen LogP contribution is -2.35. The maximum absolute atomic E-state index is 11.5. The number of hydrogen-bond donors (Lipinski definition) is 1. The minimum absolute atomic E-state index is 0.0798. The first-order chi connectivity index (χ1) is 8.69. The second-order valence-corrected chi connectivity index (χ2v) is 4.73. The van der Waals surface area contributed by atoms with Crippen LogP contribution in [0.4, 0.5) is 0 Å². The summed E-state index contributed by atoms with van der Waals surface area (Å²) in [6.45, 7) is 2.14. The van der Waals surface area contributed by atoms with Gasteiger partial charge in [0.25, 0.3) is 5.91 Å². The van der Waals surface area contributed by atoms with Gasteiger partial charge in [-0.05, 0) is 38.1 Å². The number of carbonyl (C=O) groups excluding carboxylic acids is 1. The number of piperidine rings is 1. The van der Waals surface area contributed by atoms with Gasteiger partial charge in [0.15, 0.2) is 0 Å². The summed E-state index contributed by atoms with van der Waals surface area (Å²) >= 11 is 0. The number of benzene rings is 1. The van der Waals surface area contributed by atoms with E-state index < -0.39 is 0 Å². The Morgan fingerprint density at radius 3 is 2.78 bits per heavy atom. The zero-order chi connectivity index (χ0) is 13.0. The van der Waals surface area contributed by atoms with E-state index in [1.165, 1.54) is 0 Å². The van der Waals surface area contributed by atoms with Crippen LogP contribution in [0.5, 0.6) is 5.75 Å². The number of nitrogens with one attached hydrogen (secondary N) is 1. The van der Waals surface area contributed by atoms with E-state index in [1.54, 1.807) is 19.2 Å². The third-order valence-electron chi connectivity index (χ3n) is 3.29. The molecule has 2 rings (SSSR count). The Labute approximate surface area is 108 Å². The highest BCUT2D eigenvalue weighted by molar-refractivity contribution is 5.94. The molecule has 1 amide bonds. The van der Waals surface area contributed by atoms with Crippen molar-refractivity contribution in [3.05, 3.63) is 29.8 Å². The number of nitrogens with zero attached hydrogens (tertiary/aromatic N) is 1. The third-order valence-corrected chi connectivity index (χ3v) is 3.29. The van der Waals surface area contributed by atoms with Gasteiger partial charge in [-0.25, -0.2) is 0 Å². The number of ether oxygens (including phenoxy) is 1. The molecule has 0 bridgehead atoms. The van der Waals surface area contributed by atoms with Gasteiger partial charge in [0.1, 0.15) is 11.9 Å². The van der Waals surface area contributed by atoms with Gasteiger partial charge >= 0.3 is 0 Å². The van der Waals surface area contributed by atoms with Crippen LogP contribution in [-0.2, 0) is 0 Å². The van der Waals surface area contributed by atoms with Crippen LogP contribution in [0, 0.1) is 0 Å². The van der Waals surface area contributed by atoms with E-state index >= 15 is 0 Å². The van der Waals surface area contributed by atoms with E-state index in [4.69, 9.17) is 4.74 Å². The molecular weight excluding hydrogens is 228 g/mol. The number of carbonyl (C=O) groups is 1. The Morgan fingerprint density at radius 1 is 1.39 bits per heavy atom. The number of hydrogen-bond acceptors (Lipinski definition) is 3. The molecule has 1 heterocycles. The largest absolute Gasteiger partial charge is 0.490 e. The fourth-order valence-corrected chi connectivity index (χ4v) is 2.15. The first-order valence-electron chi connectivity index (χ1n) is 6.36. The first kappa shape index (κ1) is 12.9. The van der Waals surface area contributed by atoms with Gasteiger partial charge in [-0.15, -0.1) is 0 Å². The third kappa shape index (κ3) is 3.23. The molecule has 4 heteroatoms. The van der Waals surface area contributed by atoms with Crippen LogP contribution in [0.25, 0.3) is 0 Å². The van der Waals surface area contributed by atoms with Gasteiger partial charge in [-0.1, -0.05) is 6.07 Å². The second-order valence-electron chi connectivity index (χ2n) is 4.73. The molecule has 0 spiro atoms. The van der Waals surface area contributed by atoms with Crippen LogP contribution in [-0.4, -0.2) is 44.1 Å². The van der Waals surface area contributed by atoms with Crippen molar-refractivity contribution in [3.8, 4) is 5.75 Å². The summed E-state index contributed by atoms with van der Waals surface area (Å²) in [4.78, 5) is 13.8. The van der Waals surface area contributed by atoms with E-state index in [1.807, 2.05) is 12.1 Å². The van der Waals surface area contributed by atoms with Crippen molar-refractivity contribution in [2.24, 2.45) is 0 Å². The average molecular weight is 248 g/mol. The van der Waals surface area contributed by atoms with Crippen LogP contribution in [0.15, 0.2) is 24.3 Å². The quantitative estimate of drug-likeness (QED) is 0.881. The van der Waals surface area contributed by atoms with Crippen LogP contribution < -0.4 is 10.1 Å². The number of likely N-dealkylation sites (tertiary alicyclic amines) is 1. The van der Waals surface area contributed by atoms with E-state index in [0.29, 0.717) is 5.56 Å². The monoisotopic (exact) mass is 248 g/mol. The summed E-state index contributed by atoms with van der Waals surface area (Å²) in [5, 5.41) is 2.62. The normalized spacial score (nSPS) is 17.4. The summed E-state index contributed by atoms with van der Waals surface area (Å²) in [7, 11) is 3.76. The Morgan fingerprint density at radius 2 is 2.11 bits per heavy atom. The maximum Gasteiger partial charge on any atom is 0.251 e. The second kappa shape index (κ2) is 5.87. The van der Waals surface area contributed by atoms with Crippen molar-refractivity contribution in [2.45, 2.75) is 18.9 Å². The van der Waals surface area contributed by atoms with Crippen LogP contribution in [0.2, 0.25) is 0 Å². The Bertz CT molecular complexity index is 412. The Hall–Kier alpha value is -1.55. The lowest BCUT2D eigenvalue weighted by molar-refractivity contribution is 0.0959. The van der Waals surface area contributed by atoms with Crippen molar-refractivity contribution in [1.82, 2.24) is 10.2 Å². The summed E-state index contributed by atoms with van der Waals surface area (Å²) < 4.78 is 5.93. The number of amides is 1. The Balaban J connectivity index is 1.99. The molecule has 0 radical (unpaired) electrons. The topological polar surface area (TPSA) is 41.6 Å². The smallest absolute Gasteiger partial charge is 0.251 e. The highest BCUT2D eigenvalue weighted by atomic mass is 16.5. The first-order valence-corrected chi connectivity index (χ1v) is 6.36. The van der Waals surface area contributed by atoms with Gasteiger partial charge in [-0.3, -0.25) is 4.79 Å². The van der Waals surface area contributed by atoms with E-state index in [9.17, 15) is 4.79 Å². The zero-order valence-electron chi connectivity index (χ0n) is 11.0. The van der Waals surface area contributed by atoms with Crippen molar-refractivity contribution in [3.63, 3.8) is 0 Å². The lowest BCUT2D eigenvalue weighted by Gasteiger charge is -2.29. The standard InChI is InChI=1S/C14H20N2O2/c1-15-14(17)11-4-3-5-13(10-11)18-12-6-8-16(2)9-7-12/h3-5,10,12H,6-9H2,1-2H3,(H,15,17). The molecule has 1 aliphatic heterocycles. The van der Waals surface area contributed by atoms with Crippen LogP contribution in [0.3, 0.4) is 0 Å². The molecule has 98 valence electrons. The van der Waals surface area contributed by atoms with Crippen molar-refractivity contribution >= 4 is 5.91 Å². The predicted molar refractivity (Wildman–Crippen MR) is 71.0 cm³/mol. The van der Waals surface area contributed by atoms with Gasteiger partial charge in [0.05, 0.1) is 0 Å². The molecule has 1 fully saturated rings. The minimum atomic E-state index is -0.0798. The van der Waals surface area contributed by atoms with E-state index in [-0.39, 0.29) is 12.0 Å². The molecule has 0 saturated carbocycles. The SMILES string of the molecule is CNC(=O)c1cccc(OC2CCN(C)CC2)c1. The summed E-state index contributed by atoms with van der Waals surface area (Å²) in [5.41, 5.74) is 0.642. The van der Waals surface area contributed by atoms with Crippen molar-refractivity contribution < 1.29 is 9.53 Å². The molecule has 1 aromatic rings. The highest BCUT2D eigenvalue weighted by Crippen LogP contribution is 2.19. The molecule has 4 nitrogen and oxygen atoms in total. The summed E-state index contributed by atoms with van der Waals surface area (Å²) in [6.07, 6.45) is 2.35. The molecule has 0 atom stereocenters. The zero-order valence-corrected chi connectivity index (χ0v) is 11.0. The highest BCUT2D eigenvalue weighted by Gasteiger charge is 2.18. The molecule has 1 saturated heterocycles. The molecule has 0 aromatic heterocycles. The minimum Gasteiger partial charge on any atom is -0.490 e. The average Bonchev–Trinajstić information content (AvgIpc) is 2.41. The lowest BCUT2D eigenvalue weighted by atomic mass is 10.1. The van der Waals surface area contributed by atoms with Crippen molar-refractivity contribution in [2.75, 3.05) is 27.2 Å². The summed E-state index contributed by atoms with van der Waals surface area (Å²) in [6, 6.07) is 7.36. The van der Waals surface area contributed by atoms with E-state index in [0.717, 1.165) is 31.7 Å². The fourth-order valence-electron chi connectivity index (χ4n) is 2.15. The number of rotatable bonds is 3. The molecule has 1 aliphatic rings. The van der Waals surface area contributed by atoms with Gasteiger partial charge < -0.3 is 15.0 Å².